The molecule has 1 N–H and O–H groups in total. The van der Waals surface area contributed by atoms with E-state index < -0.39 is 6.43 Å². The zero-order chi connectivity index (χ0) is 26.9. The van der Waals surface area contributed by atoms with Crippen LogP contribution in [0, 0.1) is 17.2 Å². The first-order chi connectivity index (χ1) is 18.5. The van der Waals surface area contributed by atoms with Crippen LogP contribution in [0.25, 0.3) is 16.9 Å². The Morgan fingerprint density at radius 3 is 2.47 bits per heavy atom. The SMILES string of the molecule is CN(F)CC#N.FC(F)c1nc2ccccc2n1-c1cc(N2CCOCC2)nc(NCC2CCCCC2)n1. The summed E-state index contributed by atoms with van der Waals surface area (Å²) in [5.41, 5.74) is 1.12. The minimum Gasteiger partial charge on any atom is -0.378 e. The lowest BCUT2D eigenvalue weighted by Gasteiger charge is -2.28. The zero-order valence-electron chi connectivity index (χ0n) is 21.5. The van der Waals surface area contributed by atoms with Gasteiger partial charge in [0.25, 0.3) is 6.43 Å². The predicted octanol–water partition coefficient (Wildman–Crippen LogP) is 4.91. The molecule has 3 heterocycles. The van der Waals surface area contributed by atoms with Gasteiger partial charge in [-0.3, -0.25) is 4.57 Å². The number of nitriles is 1. The normalized spacial score (nSPS) is 16.4. The van der Waals surface area contributed by atoms with Gasteiger partial charge in [-0.15, -0.1) is 9.60 Å². The molecule has 38 heavy (non-hydrogen) atoms. The maximum Gasteiger partial charge on any atom is 0.296 e. The van der Waals surface area contributed by atoms with Crippen molar-refractivity contribution < 1.29 is 18.0 Å². The molecule has 9 nitrogen and oxygen atoms in total. The fraction of sp³-hybridized carbons (Fsp3) is 0.538. The molecule has 1 aliphatic heterocycles. The van der Waals surface area contributed by atoms with E-state index in [0.29, 0.717) is 66.0 Å². The van der Waals surface area contributed by atoms with Crippen LogP contribution in [0.4, 0.5) is 25.0 Å². The summed E-state index contributed by atoms with van der Waals surface area (Å²) < 4.78 is 46.1. The van der Waals surface area contributed by atoms with Crippen LogP contribution in [0.5, 0.6) is 0 Å². The molecular formula is C26H33F3N8O. The summed E-state index contributed by atoms with van der Waals surface area (Å²) in [6, 6.07) is 10.5. The van der Waals surface area contributed by atoms with Crippen molar-refractivity contribution in [1.29, 1.82) is 5.26 Å². The Balaban J connectivity index is 0.000000505. The summed E-state index contributed by atoms with van der Waals surface area (Å²) in [5, 5.41) is 11.4. The van der Waals surface area contributed by atoms with E-state index in [9.17, 15) is 13.3 Å². The van der Waals surface area contributed by atoms with Gasteiger partial charge in [-0.2, -0.15) is 15.2 Å². The molecule has 2 aromatic heterocycles. The van der Waals surface area contributed by atoms with Crippen molar-refractivity contribution in [3.05, 3.63) is 36.2 Å². The number of morpholine rings is 1. The minimum absolute atomic E-state index is 0.153. The number of alkyl halides is 2. The Morgan fingerprint density at radius 1 is 1.11 bits per heavy atom. The van der Waals surface area contributed by atoms with E-state index in [4.69, 9.17) is 15.0 Å². The Bertz CT molecular complexity index is 1220. The number of benzene rings is 1. The smallest absolute Gasteiger partial charge is 0.296 e. The zero-order valence-corrected chi connectivity index (χ0v) is 21.5. The Kier molecular flexibility index (Phi) is 9.73. The number of ether oxygens (including phenoxy) is 1. The van der Waals surface area contributed by atoms with E-state index in [1.54, 1.807) is 30.3 Å². The molecular weight excluding hydrogens is 497 g/mol. The molecule has 1 saturated carbocycles. The number of fused-ring (bicyclic) bond motifs is 1. The highest BCUT2D eigenvalue weighted by Crippen LogP contribution is 2.30. The van der Waals surface area contributed by atoms with Crippen molar-refractivity contribution in [1.82, 2.24) is 24.6 Å². The number of halogens is 3. The monoisotopic (exact) mass is 530 g/mol. The topological polar surface area (TPSA) is 95.1 Å². The number of anilines is 2. The third-order valence-corrected chi connectivity index (χ3v) is 6.61. The van der Waals surface area contributed by atoms with Crippen LogP contribution in [0.15, 0.2) is 30.3 Å². The van der Waals surface area contributed by atoms with Crippen molar-refractivity contribution in [3.8, 4) is 11.9 Å². The number of para-hydroxylation sites is 2. The highest BCUT2D eigenvalue weighted by molar-refractivity contribution is 5.78. The van der Waals surface area contributed by atoms with Gasteiger partial charge in [0.1, 0.15) is 18.2 Å². The molecule has 0 radical (unpaired) electrons. The molecule has 3 aromatic rings. The van der Waals surface area contributed by atoms with Gasteiger partial charge < -0.3 is 15.0 Å². The molecule has 1 aromatic carbocycles. The largest absolute Gasteiger partial charge is 0.378 e. The van der Waals surface area contributed by atoms with Gasteiger partial charge in [0, 0.05) is 32.7 Å². The average Bonchev–Trinajstić information content (AvgIpc) is 3.33. The number of nitrogens with one attached hydrogen (secondary N) is 1. The van der Waals surface area contributed by atoms with E-state index in [1.165, 1.54) is 43.7 Å². The number of rotatable bonds is 7. The van der Waals surface area contributed by atoms with Gasteiger partial charge in [-0.1, -0.05) is 31.4 Å². The molecule has 0 spiro atoms. The van der Waals surface area contributed by atoms with Gasteiger partial charge in [-0.05, 0) is 30.9 Å². The van der Waals surface area contributed by atoms with Crippen molar-refractivity contribution in [2.24, 2.45) is 5.92 Å². The van der Waals surface area contributed by atoms with E-state index in [2.05, 4.69) is 20.2 Å². The maximum absolute atomic E-state index is 13.9. The number of aromatic nitrogens is 4. The van der Waals surface area contributed by atoms with Crippen molar-refractivity contribution in [3.63, 3.8) is 0 Å². The van der Waals surface area contributed by atoms with Crippen LogP contribution in [-0.4, -0.2) is 71.1 Å². The van der Waals surface area contributed by atoms with Gasteiger partial charge in [0.15, 0.2) is 5.82 Å². The molecule has 2 aliphatic rings. The lowest BCUT2D eigenvalue weighted by Crippen LogP contribution is -2.37. The second kappa shape index (κ2) is 13.4. The Hall–Kier alpha value is -3.43. The minimum atomic E-state index is -2.72. The van der Waals surface area contributed by atoms with Gasteiger partial charge in [-0.25, -0.2) is 13.8 Å². The molecule has 1 saturated heterocycles. The molecule has 1 aliphatic carbocycles. The summed E-state index contributed by atoms with van der Waals surface area (Å²) in [6.07, 6.45) is 3.49. The van der Waals surface area contributed by atoms with Crippen LogP contribution < -0.4 is 10.2 Å². The first-order valence-corrected chi connectivity index (χ1v) is 12.9. The summed E-state index contributed by atoms with van der Waals surface area (Å²) in [6.45, 7) is 3.26. The molecule has 0 bridgehead atoms. The predicted molar refractivity (Wildman–Crippen MR) is 139 cm³/mol. The lowest BCUT2D eigenvalue weighted by molar-refractivity contribution is 0.0785. The summed E-state index contributed by atoms with van der Waals surface area (Å²) in [5.74, 6) is 1.86. The quantitative estimate of drug-likeness (QED) is 0.340. The van der Waals surface area contributed by atoms with E-state index in [1.807, 2.05) is 6.07 Å². The molecule has 0 unspecified atom stereocenters. The van der Waals surface area contributed by atoms with Gasteiger partial charge in [0.05, 0.1) is 30.3 Å². The number of hydrogen-bond donors (Lipinski definition) is 1. The Labute approximate surface area is 220 Å². The van der Waals surface area contributed by atoms with Crippen LogP contribution in [0.3, 0.4) is 0 Å². The first-order valence-electron chi connectivity index (χ1n) is 12.9. The molecule has 12 heteroatoms. The fourth-order valence-corrected chi connectivity index (χ4v) is 4.73. The average molecular weight is 531 g/mol. The van der Waals surface area contributed by atoms with Crippen molar-refractivity contribution >= 4 is 22.8 Å². The second-order valence-electron chi connectivity index (χ2n) is 9.41. The van der Waals surface area contributed by atoms with Gasteiger partial charge in [0.2, 0.25) is 5.95 Å². The lowest BCUT2D eigenvalue weighted by atomic mass is 9.89. The van der Waals surface area contributed by atoms with Crippen molar-refractivity contribution in [2.45, 2.75) is 38.5 Å². The molecule has 0 amide bonds. The van der Waals surface area contributed by atoms with Crippen LogP contribution >= 0.6 is 0 Å². The molecule has 0 atom stereocenters. The van der Waals surface area contributed by atoms with Gasteiger partial charge >= 0.3 is 0 Å². The Morgan fingerprint density at radius 2 is 1.82 bits per heavy atom. The fourth-order valence-electron chi connectivity index (χ4n) is 4.73. The summed E-state index contributed by atoms with van der Waals surface area (Å²) in [7, 11) is 1.20. The third-order valence-electron chi connectivity index (χ3n) is 6.61. The van der Waals surface area contributed by atoms with Crippen LogP contribution in [-0.2, 0) is 4.74 Å². The standard InChI is InChI=1S/C23H28F2N6O.C3H5FN2/c24-21(25)22-27-17-8-4-5-9-18(17)31(22)20-14-19(30-10-12-32-13-11-30)28-23(29-20)26-15-16-6-2-1-3-7-16;1-6(4)3-2-5/h4-5,8-9,14,16,21H,1-3,6-7,10-13,15H2,(H,26,28,29);3H2,1H3. The summed E-state index contributed by atoms with van der Waals surface area (Å²) >= 11 is 0. The molecule has 2 fully saturated rings. The first kappa shape index (κ1) is 27.6. The highest BCUT2D eigenvalue weighted by Gasteiger charge is 2.23. The highest BCUT2D eigenvalue weighted by atomic mass is 19.3. The maximum atomic E-state index is 13.9. The van der Waals surface area contributed by atoms with Crippen LogP contribution in [0.1, 0.15) is 44.4 Å². The molecule has 204 valence electrons. The summed E-state index contributed by atoms with van der Waals surface area (Å²) in [4.78, 5) is 15.7. The van der Waals surface area contributed by atoms with E-state index >= 15 is 0 Å². The van der Waals surface area contributed by atoms with E-state index in [0.717, 1.165) is 6.54 Å². The second-order valence-corrected chi connectivity index (χ2v) is 9.41. The number of imidazole rings is 1. The number of hydrogen-bond acceptors (Lipinski definition) is 8. The third kappa shape index (κ3) is 7.11. The van der Waals surface area contributed by atoms with Crippen molar-refractivity contribution in [2.75, 3.05) is 56.7 Å². The molecule has 5 rings (SSSR count). The van der Waals surface area contributed by atoms with Crippen LogP contribution in [0.2, 0.25) is 0 Å². The van der Waals surface area contributed by atoms with E-state index in [-0.39, 0.29) is 12.4 Å². The number of nitrogens with zero attached hydrogens (tertiary/aromatic N) is 7.